The van der Waals surface area contributed by atoms with E-state index in [0.717, 1.165) is 11.3 Å². The third-order valence-electron chi connectivity index (χ3n) is 3.77. The quantitative estimate of drug-likeness (QED) is 0.700. The molecule has 0 saturated carbocycles. The molecule has 0 saturated heterocycles. The van der Waals surface area contributed by atoms with Gasteiger partial charge in [0, 0.05) is 5.69 Å². The van der Waals surface area contributed by atoms with Crippen molar-refractivity contribution in [3.8, 4) is 5.69 Å². The summed E-state index contributed by atoms with van der Waals surface area (Å²) in [6, 6.07) is 11.9. The number of anilines is 1. The molecule has 2 aromatic carbocycles. The van der Waals surface area contributed by atoms with E-state index in [1.54, 1.807) is 35.9 Å². The summed E-state index contributed by atoms with van der Waals surface area (Å²) in [4.78, 5) is 12.3. The number of rotatable bonds is 4. The van der Waals surface area contributed by atoms with Gasteiger partial charge in [0.25, 0.3) is 0 Å². The summed E-state index contributed by atoms with van der Waals surface area (Å²) in [6.45, 7) is 3.66. The maximum Gasteiger partial charge on any atom is 0.319 e. The third-order valence-corrected chi connectivity index (χ3v) is 4.50. The topological polar surface area (TPSA) is 84.7 Å². The van der Waals surface area contributed by atoms with E-state index in [0.29, 0.717) is 21.6 Å². The molecule has 1 heterocycles. The van der Waals surface area contributed by atoms with Gasteiger partial charge in [0.1, 0.15) is 0 Å². The Morgan fingerprint density at radius 1 is 1.15 bits per heavy atom. The zero-order valence-electron chi connectivity index (χ0n) is 14.1. The summed E-state index contributed by atoms with van der Waals surface area (Å²) in [5.41, 5.74) is 2.23. The molecule has 1 unspecified atom stereocenters. The Balaban J connectivity index is 1.68. The molecule has 7 nitrogen and oxygen atoms in total. The van der Waals surface area contributed by atoms with Crippen molar-refractivity contribution in [2.24, 2.45) is 0 Å². The van der Waals surface area contributed by atoms with Gasteiger partial charge in [-0.05, 0) is 60.2 Å². The Morgan fingerprint density at radius 3 is 2.65 bits per heavy atom. The molecule has 0 fully saturated rings. The van der Waals surface area contributed by atoms with Crippen LogP contribution >= 0.6 is 23.2 Å². The van der Waals surface area contributed by atoms with Gasteiger partial charge in [0.05, 0.1) is 21.8 Å². The van der Waals surface area contributed by atoms with Gasteiger partial charge in [-0.3, -0.25) is 0 Å². The Kier molecular flexibility index (Phi) is 5.39. The van der Waals surface area contributed by atoms with E-state index < -0.39 is 0 Å². The number of hydrogen-bond donors (Lipinski definition) is 2. The van der Waals surface area contributed by atoms with E-state index in [2.05, 4.69) is 26.2 Å². The second kappa shape index (κ2) is 7.72. The number of urea groups is 1. The van der Waals surface area contributed by atoms with Crippen molar-refractivity contribution in [3.63, 3.8) is 0 Å². The molecule has 0 spiro atoms. The fourth-order valence-corrected chi connectivity index (χ4v) is 2.72. The molecule has 1 aromatic heterocycles. The number of nitrogens with zero attached hydrogens (tertiary/aromatic N) is 4. The van der Waals surface area contributed by atoms with Crippen molar-refractivity contribution < 1.29 is 4.79 Å². The second-order valence-corrected chi connectivity index (χ2v) is 6.50. The summed E-state index contributed by atoms with van der Waals surface area (Å²) < 4.78 is 1.58. The van der Waals surface area contributed by atoms with Crippen molar-refractivity contribution in [1.82, 2.24) is 25.5 Å². The average molecular weight is 391 g/mol. The summed E-state index contributed by atoms with van der Waals surface area (Å²) in [7, 11) is 0. The standard InChI is InChI=1S/C17H16Cl2N6O/c1-10(12-6-7-15(18)16(19)8-12)20-17(26)21-13-4-3-5-14(9-13)25-11(2)22-23-24-25/h3-10H,1-2H3,(H2,20,21,26). The number of amides is 2. The molecule has 0 bridgehead atoms. The SMILES string of the molecule is Cc1nnnn1-c1cccc(NC(=O)NC(C)c2ccc(Cl)c(Cl)c2)c1. The number of aryl methyl sites for hydroxylation is 1. The van der Waals surface area contributed by atoms with Gasteiger partial charge >= 0.3 is 6.03 Å². The molecule has 2 amide bonds. The highest BCUT2D eigenvalue weighted by molar-refractivity contribution is 6.42. The molecular formula is C17H16Cl2N6O. The molecule has 134 valence electrons. The van der Waals surface area contributed by atoms with Crippen molar-refractivity contribution >= 4 is 34.9 Å². The molecule has 0 aliphatic rings. The highest BCUT2D eigenvalue weighted by atomic mass is 35.5. The Morgan fingerprint density at radius 2 is 1.96 bits per heavy atom. The highest BCUT2D eigenvalue weighted by Gasteiger charge is 2.12. The lowest BCUT2D eigenvalue weighted by molar-refractivity contribution is 0.249. The lowest BCUT2D eigenvalue weighted by Crippen LogP contribution is -2.31. The van der Waals surface area contributed by atoms with Crippen molar-refractivity contribution in [3.05, 3.63) is 63.9 Å². The molecular weight excluding hydrogens is 375 g/mol. The van der Waals surface area contributed by atoms with E-state index in [-0.39, 0.29) is 12.1 Å². The molecule has 0 aliphatic carbocycles. The minimum atomic E-state index is -0.339. The first-order valence-electron chi connectivity index (χ1n) is 7.82. The van der Waals surface area contributed by atoms with Gasteiger partial charge in [-0.2, -0.15) is 4.68 Å². The lowest BCUT2D eigenvalue weighted by atomic mass is 10.1. The zero-order chi connectivity index (χ0) is 18.7. The minimum Gasteiger partial charge on any atom is -0.331 e. The van der Waals surface area contributed by atoms with Crippen molar-refractivity contribution in [1.29, 1.82) is 0 Å². The van der Waals surface area contributed by atoms with Crippen LogP contribution in [-0.4, -0.2) is 26.2 Å². The lowest BCUT2D eigenvalue weighted by Gasteiger charge is -2.16. The summed E-state index contributed by atoms with van der Waals surface area (Å²) in [5, 5.41) is 18.0. The smallest absolute Gasteiger partial charge is 0.319 e. The first-order valence-corrected chi connectivity index (χ1v) is 8.57. The van der Waals surface area contributed by atoms with E-state index in [1.807, 2.05) is 25.1 Å². The van der Waals surface area contributed by atoms with Crippen LogP contribution in [0.1, 0.15) is 24.4 Å². The zero-order valence-corrected chi connectivity index (χ0v) is 15.6. The van der Waals surface area contributed by atoms with E-state index in [4.69, 9.17) is 23.2 Å². The Hall–Kier alpha value is -2.64. The number of halogens is 2. The van der Waals surface area contributed by atoms with Crippen LogP contribution in [0.25, 0.3) is 5.69 Å². The monoisotopic (exact) mass is 390 g/mol. The fraction of sp³-hybridized carbons (Fsp3) is 0.176. The third kappa shape index (κ3) is 4.12. The van der Waals surface area contributed by atoms with Crippen LogP contribution in [0, 0.1) is 6.92 Å². The molecule has 0 radical (unpaired) electrons. The van der Waals surface area contributed by atoms with Crippen LogP contribution in [-0.2, 0) is 0 Å². The fourth-order valence-electron chi connectivity index (χ4n) is 2.41. The molecule has 9 heteroatoms. The van der Waals surface area contributed by atoms with Crippen molar-refractivity contribution in [2.45, 2.75) is 19.9 Å². The van der Waals surface area contributed by atoms with E-state index in [1.165, 1.54) is 0 Å². The predicted octanol–water partition coefficient (Wildman–Crippen LogP) is 4.16. The average Bonchev–Trinajstić information content (AvgIpc) is 3.03. The van der Waals surface area contributed by atoms with Crippen LogP contribution in [0.2, 0.25) is 10.0 Å². The second-order valence-electron chi connectivity index (χ2n) is 5.68. The number of tetrazole rings is 1. The van der Waals surface area contributed by atoms with Crippen molar-refractivity contribution in [2.75, 3.05) is 5.32 Å². The molecule has 26 heavy (non-hydrogen) atoms. The molecule has 1 atom stereocenters. The molecule has 3 rings (SSSR count). The summed E-state index contributed by atoms with van der Waals surface area (Å²) in [5.74, 6) is 0.653. The Labute approximate surface area is 160 Å². The number of carbonyl (C=O) groups is 1. The van der Waals surface area contributed by atoms with Gasteiger partial charge in [0.15, 0.2) is 5.82 Å². The van der Waals surface area contributed by atoms with Gasteiger partial charge < -0.3 is 10.6 Å². The number of carbonyl (C=O) groups excluding carboxylic acids is 1. The van der Waals surface area contributed by atoms with Gasteiger partial charge in [-0.1, -0.05) is 35.3 Å². The van der Waals surface area contributed by atoms with Gasteiger partial charge in [-0.25, -0.2) is 4.79 Å². The first-order chi connectivity index (χ1) is 12.4. The number of nitrogens with one attached hydrogen (secondary N) is 2. The molecule has 3 aromatic rings. The van der Waals surface area contributed by atoms with Crippen LogP contribution in [0.15, 0.2) is 42.5 Å². The number of hydrogen-bond acceptors (Lipinski definition) is 4. The van der Waals surface area contributed by atoms with E-state index in [9.17, 15) is 4.79 Å². The van der Waals surface area contributed by atoms with Gasteiger partial charge in [-0.15, -0.1) is 5.10 Å². The van der Waals surface area contributed by atoms with Crippen LogP contribution < -0.4 is 10.6 Å². The maximum absolute atomic E-state index is 12.3. The highest BCUT2D eigenvalue weighted by Crippen LogP contribution is 2.25. The first kappa shape index (κ1) is 18.2. The summed E-state index contributed by atoms with van der Waals surface area (Å²) in [6.07, 6.45) is 0. The number of aromatic nitrogens is 4. The number of benzene rings is 2. The summed E-state index contributed by atoms with van der Waals surface area (Å²) >= 11 is 11.9. The normalized spacial score (nSPS) is 11.8. The molecule has 2 N–H and O–H groups in total. The Bertz CT molecular complexity index is 943. The minimum absolute atomic E-state index is 0.241. The van der Waals surface area contributed by atoms with E-state index >= 15 is 0 Å². The van der Waals surface area contributed by atoms with Gasteiger partial charge in [0.2, 0.25) is 0 Å². The maximum atomic E-state index is 12.3. The predicted molar refractivity (Wildman–Crippen MR) is 101 cm³/mol. The van der Waals surface area contributed by atoms with Crippen LogP contribution in [0.3, 0.4) is 0 Å². The molecule has 0 aliphatic heterocycles. The van der Waals surface area contributed by atoms with Crippen LogP contribution in [0.5, 0.6) is 0 Å². The van der Waals surface area contributed by atoms with Crippen LogP contribution in [0.4, 0.5) is 10.5 Å². The largest absolute Gasteiger partial charge is 0.331 e.